The molecule has 6 heteroatoms. The fourth-order valence-electron chi connectivity index (χ4n) is 3.50. The number of pyridine rings is 1. The van der Waals surface area contributed by atoms with Crippen LogP contribution in [0.5, 0.6) is 17.4 Å². The number of aromatic hydroxyl groups is 1. The minimum absolute atomic E-state index is 0.177. The van der Waals surface area contributed by atoms with Gasteiger partial charge >= 0.3 is 0 Å². The van der Waals surface area contributed by atoms with Crippen LogP contribution in [0.2, 0.25) is 0 Å². The minimum atomic E-state index is -0.302. The van der Waals surface area contributed by atoms with Crippen LogP contribution in [0.4, 0.5) is 4.39 Å². The number of ether oxygens (including phenoxy) is 1. The summed E-state index contributed by atoms with van der Waals surface area (Å²) in [6, 6.07) is 15.7. The van der Waals surface area contributed by atoms with E-state index in [0.717, 1.165) is 47.4 Å². The number of aromatic nitrogens is 1. The number of hydrogen-bond acceptors (Lipinski definition) is 5. The monoisotopic (exact) mass is 406 g/mol. The molecule has 0 saturated carbocycles. The van der Waals surface area contributed by atoms with E-state index in [1.165, 1.54) is 12.1 Å². The molecule has 0 bridgehead atoms. The first-order chi connectivity index (χ1) is 14.1. The lowest BCUT2D eigenvalue weighted by molar-refractivity contribution is 0.442. The Labute approximate surface area is 173 Å². The Balaban J connectivity index is 1.52. The van der Waals surface area contributed by atoms with Crippen LogP contribution in [-0.2, 0) is 18.6 Å². The zero-order valence-corrected chi connectivity index (χ0v) is 16.5. The van der Waals surface area contributed by atoms with E-state index in [9.17, 15) is 14.8 Å². The standard InChI is InChI=1S/C23H19FN2O2S/c24-16-8-10-17(11-9-16)28-18-5-3-4-15(12-18)14-29-23-20-7-2-1-6-19(20)21(13-25)22(27)26-23/h3-5,8-12H,1-2,6-7,14H2,(H,26,27). The number of thioether (sulfide) groups is 1. The zero-order chi connectivity index (χ0) is 20.2. The zero-order valence-electron chi connectivity index (χ0n) is 15.7. The van der Waals surface area contributed by atoms with Crippen molar-refractivity contribution in [3.8, 4) is 23.4 Å². The van der Waals surface area contributed by atoms with Crippen LogP contribution in [0.15, 0.2) is 53.6 Å². The summed E-state index contributed by atoms with van der Waals surface area (Å²) < 4.78 is 18.8. The molecule has 0 amide bonds. The average Bonchev–Trinajstić information content (AvgIpc) is 2.74. The Hall–Kier alpha value is -3.04. The summed E-state index contributed by atoms with van der Waals surface area (Å²) >= 11 is 1.55. The fourth-order valence-corrected chi connectivity index (χ4v) is 4.53. The molecule has 146 valence electrons. The number of nitrogens with zero attached hydrogens (tertiary/aromatic N) is 2. The van der Waals surface area contributed by atoms with Crippen molar-refractivity contribution in [2.75, 3.05) is 0 Å². The molecular weight excluding hydrogens is 387 g/mol. The SMILES string of the molecule is N#Cc1c(O)nc(SCc2cccc(Oc3ccc(F)cc3)c2)c2c1CCCC2. The highest BCUT2D eigenvalue weighted by molar-refractivity contribution is 7.98. The van der Waals surface area contributed by atoms with E-state index in [0.29, 0.717) is 22.8 Å². The van der Waals surface area contributed by atoms with Crippen molar-refractivity contribution in [1.29, 1.82) is 5.26 Å². The van der Waals surface area contributed by atoms with Crippen LogP contribution in [0.25, 0.3) is 0 Å². The van der Waals surface area contributed by atoms with Gasteiger partial charge < -0.3 is 9.84 Å². The summed E-state index contributed by atoms with van der Waals surface area (Å²) in [5.74, 6) is 1.43. The molecule has 29 heavy (non-hydrogen) atoms. The maximum atomic E-state index is 13.0. The molecule has 0 fully saturated rings. The van der Waals surface area contributed by atoms with Gasteiger partial charge in [0, 0.05) is 5.75 Å². The van der Waals surface area contributed by atoms with Crippen LogP contribution in [0, 0.1) is 17.1 Å². The molecule has 2 aromatic carbocycles. The highest BCUT2D eigenvalue weighted by Crippen LogP contribution is 2.36. The summed E-state index contributed by atoms with van der Waals surface area (Å²) in [6.07, 6.45) is 3.78. The van der Waals surface area contributed by atoms with Crippen molar-refractivity contribution >= 4 is 11.8 Å². The third kappa shape index (κ3) is 4.36. The first-order valence-corrected chi connectivity index (χ1v) is 10.4. The van der Waals surface area contributed by atoms with Gasteiger partial charge in [-0.2, -0.15) is 5.26 Å². The second kappa shape index (κ2) is 8.54. The Morgan fingerprint density at radius 2 is 1.83 bits per heavy atom. The van der Waals surface area contributed by atoms with Gasteiger partial charge in [-0.15, -0.1) is 11.8 Å². The first-order valence-electron chi connectivity index (χ1n) is 9.44. The Morgan fingerprint density at radius 3 is 2.59 bits per heavy atom. The lowest BCUT2D eigenvalue weighted by atomic mass is 9.90. The van der Waals surface area contributed by atoms with Gasteiger partial charge in [0.2, 0.25) is 5.88 Å². The molecule has 1 aromatic heterocycles. The highest BCUT2D eigenvalue weighted by Gasteiger charge is 2.22. The van der Waals surface area contributed by atoms with E-state index in [4.69, 9.17) is 4.74 Å². The number of benzene rings is 2. The lowest BCUT2D eigenvalue weighted by Gasteiger charge is -2.20. The maximum absolute atomic E-state index is 13.0. The molecule has 1 aliphatic rings. The van der Waals surface area contributed by atoms with Gasteiger partial charge in [0.05, 0.1) is 0 Å². The van der Waals surface area contributed by atoms with Gasteiger partial charge in [0.25, 0.3) is 0 Å². The molecule has 1 heterocycles. The second-order valence-electron chi connectivity index (χ2n) is 6.88. The van der Waals surface area contributed by atoms with E-state index in [-0.39, 0.29) is 11.7 Å². The summed E-state index contributed by atoms with van der Waals surface area (Å²) in [4.78, 5) is 4.30. The Morgan fingerprint density at radius 1 is 1.07 bits per heavy atom. The van der Waals surface area contributed by atoms with E-state index >= 15 is 0 Å². The number of rotatable bonds is 5. The minimum Gasteiger partial charge on any atom is -0.492 e. The van der Waals surface area contributed by atoms with Crippen molar-refractivity contribution in [3.05, 3.63) is 76.6 Å². The third-order valence-electron chi connectivity index (χ3n) is 4.89. The number of halogens is 1. The van der Waals surface area contributed by atoms with Crippen molar-refractivity contribution in [1.82, 2.24) is 4.98 Å². The summed E-state index contributed by atoms with van der Waals surface area (Å²) in [6.45, 7) is 0. The summed E-state index contributed by atoms with van der Waals surface area (Å²) in [5.41, 5.74) is 3.40. The van der Waals surface area contributed by atoms with Crippen molar-refractivity contribution < 1.29 is 14.2 Å². The third-order valence-corrected chi connectivity index (χ3v) is 5.98. The fraction of sp³-hybridized carbons (Fsp3) is 0.217. The van der Waals surface area contributed by atoms with Gasteiger partial charge in [-0.05, 0) is 78.8 Å². The van der Waals surface area contributed by atoms with Crippen molar-refractivity contribution in [3.63, 3.8) is 0 Å². The second-order valence-corrected chi connectivity index (χ2v) is 7.85. The molecule has 0 aliphatic heterocycles. The molecule has 1 aliphatic carbocycles. The first kappa shape index (κ1) is 19.3. The van der Waals surface area contributed by atoms with Gasteiger partial charge in [0.15, 0.2) is 0 Å². The Bertz CT molecular complexity index is 1080. The van der Waals surface area contributed by atoms with Crippen LogP contribution >= 0.6 is 11.8 Å². The molecule has 4 rings (SSSR count). The van der Waals surface area contributed by atoms with Gasteiger partial charge in [-0.25, -0.2) is 9.37 Å². The van der Waals surface area contributed by atoms with Crippen LogP contribution in [0.3, 0.4) is 0 Å². The molecule has 3 aromatic rings. The maximum Gasteiger partial charge on any atom is 0.230 e. The number of nitriles is 1. The number of fused-ring (bicyclic) bond motifs is 1. The van der Waals surface area contributed by atoms with Crippen LogP contribution in [-0.4, -0.2) is 10.1 Å². The molecule has 1 N–H and O–H groups in total. The number of hydrogen-bond donors (Lipinski definition) is 1. The largest absolute Gasteiger partial charge is 0.492 e. The molecular formula is C23H19FN2O2S. The normalized spacial score (nSPS) is 12.8. The van der Waals surface area contributed by atoms with Crippen molar-refractivity contribution in [2.24, 2.45) is 0 Å². The molecule has 4 nitrogen and oxygen atoms in total. The van der Waals surface area contributed by atoms with E-state index < -0.39 is 0 Å². The summed E-state index contributed by atoms with van der Waals surface area (Å²) in [7, 11) is 0. The van der Waals surface area contributed by atoms with E-state index in [2.05, 4.69) is 11.1 Å². The molecule has 0 radical (unpaired) electrons. The molecule has 0 saturated heterocycles. The quantitative estimate of drug-likeness (QED) is 0.546. The molecule has 0 unspecified atom stereocenters. The smallest absolute Gasteiger partial charge is 0.230 e. The van der Waals surface area contributed by atoms with Crippen molar-refractivity contribution in [2.45, 2.75) is 36.5 Å². The summed E-state index contributed by atoms with van der Waals surface area (Å²) in [5, 5.41) is 20.3. The van der Waals surface area contributed by atoms with Gasteiger partial charge in [0.1, 0.15) is 34.0 Å². The van der Waals surface area contributed by atoms with Gasteiger partial charge in [-0.1, -0.05) is 12.1 Å². The lowest BCUT2D eigenvalue weighted by Crippen LogP contribution is -2.09. The van der Waals surface area contributed by atoms with Crippen LogP contribution < -0.4 is 4.74 Å². The molecule has 0 spiro atoms. The predicted octanol–water partition coefficient (Wildman–Crippen LogP) is 5.76. The van der Waals surface area contributed by atoms with E-state index in [1.807, 2.05) is 24.3 Å². The average molecular weight is 406 g/mol. The molecule has 0 atom stereocenters. The Kier molecular flexibility index (Phi) is 5.68. The van der Waals surface area contributed by atoms with E-state index in [1.54, 1.807) is 23.9 Å². The van der Waals surface area contributed by atoms with Gasteiger partial charge in [-0.3, -0.25) is 0 Å². The predicted molar refractivity (Wildman–Crippen MR) is 110 cm³/mol. The van der Waals surface area contributed by atoms with Crippen LogP contribution in [0.1, 0.15) is 35.1 Å². The highest BCUT2D eigenvalue weighted by atomic mass is 32.2. The topological polar surface area (TPSA) is 66.1 Å².